The van der Waals surface area contributed by atoms with Crippen LogP contribution in [-0.2, 0) is 4.74 Å². The summed E-state index contributed by atoms with van der Waals surface area (Å²) in [5, 5.41) is 8.56. The third kappa shape index (κ3) is 2.36. The predicted octanol–water partition coefficient (Wildman–Crippen LogP) is 2.46. The van der Waals surface area contributed by atoms with Crippen molar-refractivity contribution in [2.75, 3.05) is 18.0 Å². The number of morpholine rings is 1. The number of nitrogens with zero attached hydrogens (tertiary/aromatic N) is 5. The average Bonchev–Trinajstić information content (AvgIpc) is 3.16. The summed E-state index contributed by atoms with van der Waals surface area (Å²) in [7, 11) is 0. The van der Waals surface area contributed by atoms with Gasteiger partial charge >= 0.3 is 0 Å². The Kier molecular flexibility index (Phi) is 3.31. The molecule has 0 aromatic carbocycles. The van der Waals surface area contributed by atoms with Crippen molar-refractivity contribution in [3.05, 3.63) is 40.5 Å². The lowest BCUT2D eigenvalue weighted by Crippen LogP contribution is -2.43. The van der Waals surface area contributed by atoms with E-state index in [0.29, 0.717) is 5.78 Å². The first kappa shape index (κ1) is 13.7. The maximum Gasteiger partial charge on any atom is 0.254 e. The zero-order valence-corrected chi connectivity index (χ0v) is 13.3. The van der Waals surface area contributed by atoms with Gasteiger partial charge in [0, 0.05) is 24.8 Å². The average molecular weight is 315 g/mol. The molecule has 0 amide bonds. The van der Waals surface area contributed by atoms with Crippen molar-refractivity contribution in [3.63, 3.8) is 0 Å². The summed E-state index contributed by atoms with van der Waals surface area (Å²) in [6, 6.07) is 4.19. The maximum atomic E-state index is 6.11. The van der Waals surface area contributed by atoms with Gasteiger partial charge in [0.15, 0.2) is 0 Å². The number of hydrogen-bond acceptors (Lipinski definition) is 6. The molecular weight excluding hydrogens is 298 g/mol. The minimum absolute atomic E-state index is 0.0852. The van der Waals surface area contributed by atoms with Crippen molar-refractivity contribution in [1.82, 2.24) is 19.6 Å². The molecule has 1 fully saturated rings. The van der Waals surface area contributed by atoms with Crippen LogP contribution in [-0.4, -0.2) is 38.8 Å². The smallest absolute Gasteiger partial charge is 0.254 e. The standard InChI is InChI=1S/C15H17N5OS/c1-10-5-14(20-15(18-10)16-9-17-20)19-6-11(2)21-13(7-19)12-3-4-22-8-12/h3-5,8-9,11,13H,6-7H2,1-2H3. The Labute approximate surface area is 132 Å². The lowest BCUT2D eigenvalue weighted by Gasteiger charge is -2.37. The highest BCUT2D eigenvalue weighted by Crippen LogP contribution is 2.29. The van der Waals surface area contributed by atoms with E-state index in [9.17, 15) is 0 Å². The fraction of sp³-hybridized carbons (Fsp3) is 0.400. The van der Waals surface area contributed by atoms with Crippen molar-refractivity contribution in [2.45, 2.75) is 26.1 Å². The molecule has 0 aliphatic carbocycles. The largest absolute Gasteiger partial charge is 0.367 e. The summed E-state index contributed by atoms with van der Waals surface area (Å²) in [4.78, 5) is 10.9. The van der Waals surface area contributed by atoms with E-state index < -0.39 is 0 Å². The molecule has 3 aromatic heterocycles. The number of fused-ring (bicyclic) bond motifs is 1. The van der Waals surface area contributed by atoms with E-state index in [2.05, 4.69) is 49.8 Å². The highest BCUT2D eigenvalue weighted by atomic mass is 32.1. The second-order valence-electron chi connectivity index (χ2n) is 5.62. The Morgan fingerprint density at radius 2 is 2.27 bits per heavy atom. The summed E-state index contributed by atoms with van der Waals surface area (Å²) < 4.78 is 7.91. The molecule has 2 atom stereocenters. The van der Waals surface area contributed by atoms with Crippen LogP contribution >= 0.6 is 11.3 Å². The SMILES string of the molecule is Cc1cc(N2CC(C)OC(c3ccsc3)C2)n2ncnc2n1. The van der Waals surface area contributed by atoms with Gasteiger partial charge in [0.1, 0.15) is 18.2 Å². The van der Waals surface area contributed by atoms with E-state index in [1.165, 1.54) is 5.56 Å². The number of thiophene rings is 1. The second-order valence-corrected chi connectivity index (χ2v) is 6.40. The number of aryl methyl sites for hydroxylation is 1. The molecular formula is C15H17N5OS. The molecule has 1 aliphatic heterocycles. The van der Waals surface area contributed by atoms with E-state index in [1.807, 2.05) is 6.92 Å². The molecule has 0 spiro atoms. The lowest BCUT2D eigenvalue weighted by atomic mass is 10.1. The van der Waals surface area contributed by atoms with Crippen LogP contribution in [0.25, 0.3) is 5.78 Å². The molecule has 3 aromatic rings. The zero-order chi connectivity index (χ0) is 15.1. The molecule has 0 N–H and O–H groups in total. The molecule has 7 heteroatoms. The minimum Gasteiger partial charge on any atom is -0.367 e. The van der Waals surface area contributed by atoms with E-state index in [1.54, 1.807) is 22.2 Å². The van der Waals surface area contributed by atoms with E-state index >= 15 is 0 Å². The van der Waals surface area contributed by atoms with Crippen molar-refractivity contribution in [1.29, 1.82) is 0 Å². The molecule has 0 bridgehead atoms. The van der Waals surface area contributed by atoms with E-state index in [4.69, 9.17) is 4.74 Å². The van der Waals surface area contributed by atoms with Gasteiger partial charge in [0.25, 0.3) is 5.78 Å². The zero-order valence-electron chi connectivity index (χ0n) is 12.5. The molecule has 1 aliphatic rings. The first-order chi connectivity index (χ1) is 10.7. The van der Waals surface area contributed by atoms with Gasteiger partial charge in [-0.1, -0.05) is 0 Å². The molecule has 114 valence electrons. The van der Waals surface area contributed by atoms with Gasteiger partial charge in [-0.15, -0.1) is 0 Å². The highest BCUT2D eigenvalue weighted by molar-refractivity contribution is 7.07. The van der Waals surface area contributed by atoms with Crippen molar-refractivity contribution < 1.29 is 4.74 Å². The first-order valence-electron chi connectivity index (χ1n) is 7.30. The van der Waals surface area contributed by atoms with Gasteiger partial charge in [0.2, 0.25) is 0 Å². The van der Waals surface area contributed by atoms with Crippen molar-refractivity contribution >= 4 is 22.9 Å². The van der Waals surface area contributed by atoms with Gasteiger partial charge in [-0.05, 0) is 36.2 Å². The number of anilines is 1. The third-order valence-corrected chi connectivity index (χ3v) is 4.56. The molecule has 22 heavy (non-hydrogen) atoms. The third-order valence-electron chi connectivity index (χ3n) is 3.86. The van der Waals surface area contributed by atoms with Crippen LogP contribution in [0.1, 0.15) is 24.3 Å². The maximum absolute atomic E-state index is 6.11. The Morgan fingerprint density at radius 1 is 1.36 bits per heavy atom. The van der Waals surface area contributed by atoms with Gasteiger partial charge in [-0.3, -0.25) is 0 Å². The Morgan fingerprint density at radius 3 is 3.09 bits per heavy atom. The molecule has 2 unspecified atom stereocenters. The number of aromatic nitrogens is 4. The van der Waals surface area contributed by atoms with Gasteiger partial charge in [-0.25, -0.2) is 4.98 Å². The fourth-order valence-electron chi connectivity index (χ4n) is 2.92. The number of ether oxygens (including phenoxy) is 1. The normalized spacial score (nSPS) is 22.4. The molecule has 1 saturated heterocycles. The van der Waals surface area contributed by atoms with Crippen LogP contribution < -0.4 is 4.90 Å². The van der Waals surface area contributed by atoms with Crippen LogP contribution in [0.3, 0.4) is 0 Å². The quantitative estimate of drug-likeness (QED) is 0.727. The van der Waals surface area contributed by atoms with Gasteiger partial charge in [-0.2, -0.15) is 25.9 Å². The second kappa shape index (κ2) is 5.33. The molecule has 0 radical (unpaired) electrons. The number of rotatable bonds is 2. The van der Waals surface area contributed by atoms with E-state index in [-0.39, 0.29) is 12.2 Å². The highest BCUT2D eigenvalue weighted by Gasteiger charge is 2.28. The monoisotopic (exact) mass is 315 g/mol. The predicted molar refractivity (Wildman–Crippen MR) is 85.3 cm³/mol. The van der Waals surface area contributed by atoms with Gasteiger partial charge < -0.3 is 9.64 Å². The Balaban J connectivity index is 1.72. The molecule has 0 saturated carbocycles. The Hall–Kier alpha value is -1.99. The summed E-state index contributed by atoms with van der Waals surface area (Å²) in [5.41, 5.74) is 2.18. The van der Waals surface area contributed by atoms with Crippen molar-refractivity contribution in [3.8, 4) is 0 Å². The number of hydrogen-bond donors (Lipinski definition) is 0. The van der Waals surface area contributed by atoms with Gasteiger partial charge in [0.05, 0.1) is 6.10 Å². The summed E-state index contributed by atoms with van der Waals surface area (Å²) in [5.74, 6) is 1.66. The van der Waals surface area contributed by atoms with E-state index in [0.717, 1.165) is 24.6 Å². The Bertz CT molecular complexity index is 784. The first-order valence-corrected chi connectivity index (χ1v) is 8.25. The van der Waals surface area contributed by atoms with Crippen LogP contribution in [0, 0.1) is 6.92 Å². The summed E-state index contributed by atoms with van der Waals surface area (Å²) >= 11 is 1.70. The summed E-state index contributed by atoms with van der Waals surface area (Å²) in [6.45, 7) is 5.73. The van der Waals surface area contributed by atoms with Crippen LogP contribution in [0.2, 0.25) is 0 Å². The van der Waals surface area contributed by atoms with Crippen LogP contribution in [0.4, 0.5) is 5.82 Å². The fourth-order valence-corrected chi connectivity index (χ4v) is 3.62. The van der Waals surface area contributed by atoms with Crippen molar-refractivity contribution in [2.24, 2.45) is 0 Å². The summed E-state index contributed by atoms with van der Waals surface area (Å²) in [6.07, 6.45) is 1.79. The molecule has 4 heterocycles. The van der Waals surface area contributed by atoms with Crippen LogP contribution in [0.15, 0.2) is 29.2 Å². The van der Waals surface area contributed by atoms with Crippen LogP contribution in [0.5, 0.6) is 0 Å². The lowest BCUT2D eigenvalue weighted by molar-refractivity contribution is -0.0175. The molecule has 4 rings (SSSR count). The minimum atomic E-state index is 0.0852. The molecule has 6 nitrogen and oxygen atoms in total. The topological polar surface area (TPSA) is 55.6 Å².